The summed E-state index contributed by atoms with van der Waals surface area (Å²) in [6.45, 7) is 0. The zero-order valence-electron chi connectivity index (χ0n) is 7.46. The van der Waals surface area contributed by atoms with Crippen LogP contribution in [0.5, 0.6) is 0 Å². The topological polar surface area (TPSA) is 35.8 Å². The highest BCUT2D eigenvalue weighted by Crippen LogP contribution is 2.38. The number of hydrogen-bond acceptors (Lipinski definition) is 3. The van der Waals surface area contributed by atoms with E-state index in [9.17, 15) is 0 Å². The highest BCUT2D eigenvalue weighted by molar-refractivity contribution is 9.10. The van der Waals surface area contributed by atoms with Crippen molar-refractivity contribution >= 4 is 33.4 Å². The van der Waals surface area contributed by atoms with E-state index >= 15 is 0 Å². The van der Waals surface area contributed by atoms with Gasteiger partial charge in [-0.2, -0.15) is 5.26 Å². The van der Waals surface area contributed by atoms with Crippen LogP contribution in [0.1, 0.15) is 6.42 Å². The zero-order chi connectivity index (χ0) is 9.97. The summed E-state index contributed by atoms with van der Waals surface area (Å²) in [5.74, 6) is 0.969. The van der Waals surface area contributed by atoms with Gasteiger partial charge in [-0.25, -0.2) is 0 Å². The average Bonchev–Trinajstić information content (AvgIpc) is 2.20. The molecule has 1 heterocycles. The number of rotatable bonds is 1. The van der Waals surface area contributed by atoms with E-state index in [1.54, 1.807) is 0 Å². The molecule has 1 unspecified atom stereocenters. The highest BCUT2D eigenvalue weighted by atomic mass is 79.9. The molecule has 14 heavy (non-hydrogen) atoms. The first-order valence-electron chi connectivity index (χ1n) is 4.36. The molecule has 0 saturated carbocycles. The number of benzene rings is 1. The first-order valence-corrected chi connectivity index (χ1v) is 6.14. The molecule has 0 fully saturated rings. The maximum atomic E-state index is 8.62. The third-order valence-electron chi connectivity index (χ3n) is 2.10. The number of nitrogens with one attached hydrogen (secondary N) is 1. The maximum Gasteiger partial charge on any atom is 0.0643 e. The summed E-state index contributed by atoms with van der Waals surface area (Å²) in [5, 5.41) is 12.0. The van der Waals surface area contributed by atoms with Crippen molar-refractivity contribution < 1.29 is 0 Å². The number of halogens is 1. The van der Waals surface area contributed by atoms with E-state index in [1.165, 1.54) is 4.90 Å². The number of anilines is 1. The van der Waals surface area contributed by atoms with Gasteiger partial charge in [0.15, 0.2) is 0 Å². The number of para-hydroxylation sites is 1. The van der Waals surface area contributed by atoms with E-state index in [1.807, 2.05) is 23.9 Å². The SMILES string of the molecule is N#CCC1CSc2cccc(Br)c2N1. The second-order valence-corrected chi connectivity index (χ2v) is 5.04. The molecule has 1 aliphatic heterocycles. The molecule has 0 aromatic heterocycles. The minimum absolute atomic E-state index is 0.274. The summed E-state index contributed by atoms with van der Waals surface area (Å²) in [6.07, 6.45) is 0.563. The quantitative estimate of drug-likeness (QED) is 0.850. The zero-order valence-corrected chi connectivity index (χ0v) is 9.86. The smallest absolute Gasteiger partial charge is 0.0643 e. The fourth-order valence-corrected chi connectivity index (χ4v) is 3.10. The van der Waals surface area contributed by atoms with Gasteiger partial charge >= 0.3 is 0 Å². The van der Waals surface area contributed by atoms with Gasteiger partial charge in [0.25, 0.3) is 0 Å². The molecule has 1 aliphatic rings. The van der Waals surface area contributed by atoms with Crippen molar-refractivity contribution in [3.63, 3.8) is 0 Å². The van der Waals surface area contributed by atoms with E-state index in [2.05, 4.69) is 33.4 Å². The predicted molar refractivity (Wildman–Crippen MR) is 62.5 cm³/mol. The molecule has 0 spiro atoms. The van der Waals surface area contributed by atoms with Crippen LogP contribution in [0.25, 0.3) is 0 Å². The second kappa shape index (κ2) is 4.24. The van der Waals surface area contributed by atoms with E-state index in [0.717, 1.165) is 15.9 Å². The van der Waals surface area contributed by atoms with Crippen LogP contribution in [0.15, 0.2) is 27.6 Å². The molecular weight excluding hydrogens is 260 g/mol. The molecule has 2 rings (SSSR count). The van der Waals surface area contributed by atoms with Crippen LogP contribution in [-0.2, 0) is 0 Å². The lowest BCUT2D eigenvalue weighted by molar-refractivity contribution is 0.818. The van der Waals surface area contributed by atoms with Crippen LogP contribution in [-0.4, -0.2) is 11.8 Å². The first kappa shape index (κ1) is 9.88. The van der Waals surface area contributed by atoms with E-state index in [0.29, 0.717) is 6.42 Å². The van der Waals surface area contributed by atoms with Crippen LogP contribution in [0, 0.1) is 11.3 Å². The molecule has 2 nitrogen and oxygen atoms in total. The lowest BCUT2D eigenvalue weighted by Gasteiger charge is -2.25. The Hall–Kier alpha value is -0.660. The molecule has 1 aromatic rings. The Kier molecular flexibility index (Phi) is 2.99. The molecule has 72 valence electrons. The number of nitrogens with zero attached hydrogens (tertiary/aromatic N) is 1. The van der Waals surface area contributed by atoms with Gasteiger partial charge in [-0.15, -0.1) is 11.8 Å². The number of thioether (sulfide) groups is 1. The lowest BCUT2D eigenvalue weighted by Crippen LogP contribution is -2.25. The molecule has 0 saturated heterocycles. The van der Waals surface area contributed by atoms with Crippen molar-refractivity contribution in [2.45, 2.75) is 17.4 Å². The van der Waals surface area contributed by atoms with Gasteiger partial charge in [0.2, 0.25) is 0 Å². The van der Waals surface area contributed by atoms with Crippen LogP contribution in [0.4, 0.5) is 5.69 Å². The van der Waals surface area contributed by atoms with Crippen LogP contribution in [0.3, 0.4) is 0 Å². The molecule has 0 amide bonds. The highest BCUT2D eigenvalue weighted by Gasteiger charge is 2.19. The summed E-state index contributed by atoms with van der Waals surface area (Å²) in [5.41, 5.74) is 1.13. The summed E-state index contributed by atoms with van der Waals surface area (Å²) in [4.78, 5) is 1.26. The van der Waals surface area contributed by atoms with Gasteiger partial charge in [0.1, 0.15) is 0 Å². The normalized spacial score (nSPS) is 19.3. The van der Waals surface area contributed by atoms with Gasteiger partial charge in [-0.3, -0.25) is 0 Å². The molecule has 0 bridgehead atoms. The maximum absolute atomic E-state index is 8.62. The molecule has 1 N–H and O–H groups in total. The Bertz CT molecular complexity index is 386. The van der Waals surface area contributed by atoms with Crippen LogP contribution >= 0.6 is 27.7 Å². The molecular formula is C10H9BrN2S. The van der Waals surface area contributed by atoms with Crippen molar-refractivity contribution in [1.82, 2.24) is 0 Å². The van der Waals surface area contributed by atoms with Crippen molar-refractivity contribution in [3.05, 3.63) is 22.7 Å². The number of hydrogen-bond donors (Lipinski definition) is 1. The molecule has 0 radical (unpaired) electrons. The molecule has 4 heteroatoms. The lowest BCUT2D eigenvalue weighted by atomic mass is 10.2. The second-order valence-electron chi connectivity index (χ2n) is 3.13. The standard InChI is InChI=1S/C10H9BrN2S/c11-8-2-1-3-9-10(8)13-7(4-5-12)6-14-9/h1-3,7,13H,4,6H2. The van der Waals surface area contributed by atoms with E-state index in [4.69, 9.17) is 5.26 Å². The molecule has 1 atom stereocenters. The summed E-state index contributed by atoms with van der Waals surface area (Å²) in [6, 6.07) is 8.61. The summed E-state index contributed by atoms with van der Waals surface area (Å²) < 4.78 is 1.07. The number of fused-ring (bicyclic) bond motifs is 1. The van der Waals surface area contributed by atoms with Gasteiger partial charge in [-0.05, 0) is 28.1 Å². The fraction of sp³-hybridized carbons (Fsp3) is 0.300. The van der Waals surface area contributed by atoms with Crippen molar-refractivity contribution in [1.29, 1.82) is 5.26 Å². The third kappa shape index (κ3) is 1.89. The molecule has 0 aliphatic carbocycles. The van der Waals surface area contributed by atoms with Gasteiger partial charge in [0.05, 0.1) is 18.2 Å². The number of nitriles is 1. The van der Waals surface area contributed by atoms with Crippen molar-refractivity contribution in [2.24, 2.45) is 0 Å². The third-order valence-corrected chi connectivity index (χ3v) is 3.98. The fourth-order valence-electron chi connectivity index (χ4n) is 1.42. The first-order chi connectivity index (χ1) is 6.81. The Morgan fingerprint density at radius 1 is 1.64 bits per heavy atom. The Labute approximate surface area is 95.8 Å². The van der Waals surface area contributed by atoms with Crippen LogP contribution in [0.2, 0.25) is 0 Å². The van der Waals surface area contributed by atoms with Crippen molar-refractivity contribution in [3.8, 4) is 6.07 Å². The summed E-state index contributed by atoms with van der Waals surface area (Å²) in [7, 11) is 0. The Balaban J connectivity index is 2.25. The Morgan fingerprint density at radius 2 is 2.50 bits per heavy atom. The predicted octanol–water partition coefficient (Wildman–Crippen LogP) is 3.25. The minimum atomic E-state index is 0.274. The van der Waals surface area contributed by atoms with E-state index in [-0.39, 0.29) is 6.04 Å². The summed E-state index contributed by atoms with van der Waals surface area (Å²) >= 11 is 5.31. The van der Waals surface area contributed by atoms with E-state index < -0.39 is 0 Å². The van der Waals surface area contributed by atoms with Crippen LogP contribution < -0.4 is 5.32 Å². The largest absolute Gasteiger partial charge is 0.379 e. The van der Waals surface area contributed by atoms with Crippen molar-refractivity contribution in [2.75, 3.05) is 11.1 Å². The van der Waals surface area contributed by atoms with Gasteiger partial charge in [-0.1, -0.05) is 6.07 Å². The Morgan fingerprint density at radius 3 is 3.29 bits per heavy atom. The monoisotopic (exact) mass is 268 g/mol. The minimum Gasteiger partial charge on any atom is -0.379 e. The molecule has 1 aromatic carbocycles. The van der Waals surface area contributed by atoms with Gasteiger partial charge in [0, 0.05) is 21.2 Å². The average molecular weight is 269 g/mol. The van der Waals surface area contributed by atoms with Gasteiger partial charge < -0.3 is 5.32 Å².